The lowest BCUT2D eigenvalue weighted by atomic mass is 10.1. The highest BCUT2D eigenvalue weighted by Gasteiger charge is 2.22. The van der Waals surface area contributed by atoms with Crippen LogP contribution in [0.4, 0.5) is 5.69 Å². The summed E-state index contributed by atoms with van der Waals surface area (Å²) in [5.74, 6) is 1.68. The molecule has 0 radical (unpaired) electrons. The fourth-order valence-corrected chi connectivity index (χ4v) is 3.08. The van der Waals surface area contributed by atoms with E-state index in [4.69, 9.17) is 9.15 Å². The Balaban J connectivity index is 2.30. The van der Waals surface area contributed by atoms with Crippen molar-refractivity contribution in [2.24, 2.45) is 7.05 Å². The first-order valence-electron chi connectivity index (χ1n) is 7.99. The summed E-state index contributed by atoms with van der Waals surface area (Å²) >= 11 is 0. The van der Waals surface area contributed by atoms with Gasteiger partial charge in [0, 0.05) is 36.3 Å². The molecule has 0 bridgehead atoms. The predicted molar refractivity (Wildman–Crippen MR) is 92.9 cm³/mol. The summed E-state index contributed by atoms with van der Waals surface area (Å²) in [6, 6.07) is 10.2. The van der Waals surface area contributed by atoms with E-state index in [2.05, 4.69) is 35.4 Å². The van der Waals surface area contributed by atoms with Crippen molar-refractivity contribution in [2.45, 2.75) is 13.8 Å². The van der Waals surface area contributed by atoms with Crippen LogP contribution >= 0.6 is 0 Å². The largest absolute Gasteiger partial charge is 0.496 e. The number of aryl methyl sites for hydroxylation is 1. The lowest BCUT2D eigenvalue weighted by Crippen LogP contribution is -2.29. The average molecular weight is 311 g/mol. The van der Waals surface area contributed by atoms with Crippen molar-refractivity contribution in [3.05, 3.63) is 42.8 Å². The minimum absolute atomic E-state index is 0.837. The van der Waals surface area contributed by atoms with Gasteiger partial charge in [0.1, 0.15) is 19.1 Å². The molecule has 0 unspecified atom stereocenters. The number of anilines is 1. The molecule has 0 atom stereocenters. The summed E-state index contributed by atoms with van der Waals surface area (Å²) in [6.45, 7) is 6.24. The zero-order valence-electron chi connectivity index (χ0n) is 14.2. The van der Waals surface area contributed by atoms with Crippen LogP contribution in [0, 0.1) is 0 Å². The van der Waals surface area contributed by atoms with Crippen LogP contribution in [0.5, 0.6) is 5.75 Å². The van der Waals surface area contributed by atoms with Crippen LogP contribution in [0.1, 0.15) is 13.8 Å². The number of nitrogens with zero attached hydrogens (tertiary/aromatic N) is 2. The first-order valence-corrected chi connectivity index (χ1v) is 7.99. The van der Waals surface area contributed by atoms with E-state index in [1.165, 1.54) is 5.69 Å². The third-order valence-corrected chi connectivity index (χ3v) is 4.32. The molecule has 0 saturated carbocycles. The summed E-state index contributed by atoms with van der Waals surface area (Å²) in [6.07, 6.45) is 3.86. The van der Waals surface area contributed by atoms with Crippen molar-refractivity contribution < 1.29 is 13.7 Å². The monoisotopic (exact) mass is 311 g/mol. The molecular formula is C19H23N2O2+. The maximum absolute atomic E-state index is 5.98. The molecule has 0 aliphatic heterocycles. The predicted octanol–water partition coefficient (Wildman–Crippen LogP) is 3.78. The molecule has 120 valence electrons. The van der Waals surface area contributed by atoms with E-state index in [0.717, 1.165) is 41.1 Å². The van der Waals surface area contributed by atoms with Gasteiger partial charge in [0.25, 0.3) is 0 Å². The van der Waals surface area contributed by atoms with Gasteiger partial charge in [0.15, 0.2) is 6.20 Å². The van der Waals surface area contributed by atoms with E-state index >= 15 is 0 Å². The van der Waals surface area contributed by atoms with Gasteiger partial charge in [0.05, 0.1) is 12.5 Å². The number of aromatic nitrogens is 1. The van der Waals surface area contributed by atoms with Crippen molar-refractivity contribution >= 4 is 16.5 Å². The van der Waals surface area contributed by atoms with E-state index in [0.29, 0.717) is 0 Å². The summed E-state index contributed by atoms with van der Waals surface area (Å²) in [7, 11) is 3.72. The smallest absolute Gasteiger partial charge is 0.248 e. The molecule has 3 rings (SSSR count). The second kappa shape index (κ2) is 6.32. The van der Waals surface area contributed by atoms with Crippen LogP contribution < -0.4 is 14.2 Å². The summed E-state index contributed by atoms with van der Waals surface area (Å²) < 4.78 is 13.6. The number of hydrogen-bond donors (Lipinski definition) is 0. The van der Waals surface area contributed by atoms with Crippen LogP contribution in [0.2, 0.25) is 0 Å². The highest BCUT2D eigenvalue weighted by molar-refractivity contribution is 6.04. The van der Waals surface area contributed by atoms with E-state index in [9.17, 15) is 0 Å². The van der Waals surface area contributed by atoms with Crippen molar-refractivity contribution in [1.29, 1.82) is 0 Å². The van der Waals surface area contributed by atoms with Gasteiger partial charge in [-0.25, -0.2) is 0 Å². The van der Waals surface area contributed by atoms with Gasteiger partial charge in [-0.05, 0) is 32.0 Å². The van der Waals surface area contributed by atoms with E-state index in [1.807, 2.05) is 37.7 Å². The van der Waals surface area contributed by atoms with Crippen LogP contribution in [0.3, 0.4) is 0 Å². The number of fused-ring (bicyclic) bond motifs is 1. The van der Waals surface area contributed by atoms with Gasteiger partial charge < -0.3 is 14.1 Å². The SMILES string of the molecule is CCN(CC)c1ccc(OC)c2c(-c3cccc[n+]3C)occ12. The van der Waals surface area contributed by atoms with E-state index in [-0.39, 0.29) is 0 Å². The van der Waals surface area contributed by atoms with Crippen molar-refractivity contribution in [3.63, 3.8) is 0 Å². The Hall–Kier alpha value is -2.49. The van der Waals surface area contributed by atoms with Crippen LogP contribution in [0.15, 0.2) is 47.2 Å². The molecule has 23 heavy (non-hydrogen) atoms. The molecule has 0 aliphatic rings. The molecule has 3 aromatic rings. The maximum Gasteiger partial charge on any atom is 0.248 e. The van der Waals surface area contributed by atoms with Crippen molar-refractivity contribution in [3.8, 4) is 17.2 Å². The van der Waals surface area contributed by atoms with E-state index < -0.39 is 0 Å². The number of furan rings is 1. The normalized spacial score (nSPS) is 11.0. The molecule has 0 saturated heterocycles. The zero-order chi connectivity index (χ0) is 16.4. The van der Waals surface area contributed by atoms with Gasteiger partial charge in [-0.15, -0.1) is 0 Å². The molecule has 4 heteroatoms. The molecule has 0 N–H and O–H groups in total. The van der Waals surface area contributed by atoms with Gasteiger partial charge in [0.2, 0.25) is 11.5 Å². The van der Waals surface area contributed by atoms with Gasteiger partial charge >= 0.3 is 0 Å². The summed E-state index contributed by atoms with van der Waals surface area (Å²) in [5.41, 5.74) is 2.21. The number of benzene rings is 1. The molecule has 2 heterocycles. The minimum Gasteiger partial charge on any atom is -0.496 e. The molecule has 2 aromatic heterocycles. The number of methoxy groups -OCH3 is 1. The maximum atomic E-state index is 5.98. The quantitative estimate of drug-likeness (QED) is 0.672. The minimum atomic E-state index is 0.837. The van der Waals surface area contributed by atoms with Gasteiger partial charge in [-0.3, -0.25) is 0 Å². The summed E-state index contributed by atoms with van der Waals surface area (Å²) in [5, 5.41) is 2.12. The molecule has 4 nitrogen and oxygen atoms in total. The number of rotatable bonds is 5. The Morgan fingerprint density at radius 3 is 2.57 bits per heavy atom. The highest BCUT2D eigenvalue weighted by Crippen LogP contribution is 2.40. The van der Waals surface area contributed by atoms with Crippen LogP contribution in [0.25, 0.3) is 22.2 Å². The number of hydrogen-bond acceptors (Lipinski definition) is 3. The lowest BCUT2D eigenvalue weighted by Gasteiger charge is -2.22. The summed E-state index contributed by atoms with van der Waals surface area (Å²) in [4.78, 5) is 2.33. The Kier molecular flexibility index (Phi) is 4.24. The fourth-order valence-electron chi connectivity index (χ4n) is 3.08. The first kappa shape index (κ1) is 15.4. The first-order chi connectivity index (χ1) is 11.2. The molecule has 0 aliphatic carbocycles. The number of pyridine rings is 1. The lowest BCUT2D eigenvalue weighted by molar-refractivity contribution is -0.660. The molecule has 0 spiro atoms. The topological polar surface area (TPSA) is 29.5 Å². The molecule has 1 aromatic carbocycles. The Morgan fingerprint density at radius 1 is 1.13 bits per heavy atom. The third kappa shape index (κ3) is 2.54. The molecular weight excluding hydrogens is 288 g/mol. The Morgan fingerprint density at radius 2 is 1.91 bits per heavy atom. The molecule has 0 amide bonds. The van der Waals surface area contributed by atoms with Crippen molar-refractivity contribution in [2.75, 3.05) is 25.1 Å². The second-order valence-corrected chi connectivity index (χ2v) is 5.51. The van der Waals surface area contributed by atoms with Crippen LogP contribution in [-0.2, 0) is 7.05 Å². The average Bonchev–Trinajstić information content (AvgIpc) is 3.01. The fraction of sp³-hybridized carbons (Fsp3) is 0.316. The van der Waals surface area contributed by atoms with Crippen molar-refractivity contribution in [1.82, 2.24) is 0 Å². The zero-order valence-corrected chi connectivity index (χ0v) is 14.2. The van der Waals surface area contributed by atoms with Crippen LogP contribution in [-0.4, -0.2) is 20.2 Å². The number of ether oxygens (including phenoxy) is 1. The Bertz CT molecular complexity index is 819. The van der Waals surface area contributed by atoms with Gasteiger partial charge in [-0.2, -0.15) is 4.57 Å². The van der Waals surface area contributed by atoms with E-state index in [1.54, 1.807) is 7.11 Å². The Labute approximate surface area is 136 Å². The molecule has 0 fully saturated rings. The second-order valence-electron chi connectivity index (χ2n) is 5.51. The van der Waals surface area contributed by atoms with Gasteiger partial charge in [-0.1, -0.05) is 0 Å². The third-order valence-electron chi connectivity index (χ3n) is 4.32. The standard InChI is InChI=1S/C19H23N2O2/c1-5-21(6-2)15-10-11-17(22-4)18-14(15)13-23-19(18)16-9-7-8-12-20(16)3/h7-13H,5-6H2,1-4H3/q+1. The highest BCUT2D eigenvalue weighted by atomic mass is 16.5.